The minimum atomic E-state index is -0.364. The molecule has 0 aliphatic carbocycles. The molecule has 194 valence electrons. The second-order valence-corrected chi connectivity index (χ2v) is 9.28. The van der Waals surface area contributed by atoms with Crippen molar-refractivity contribution in [3.05, 3.63) is 35.4 Å². The highest BCUT2D eigenvalue weighted by Gasteiger charge is 2.12. The van der Waals surface area contributed by atoms with Crippen LogP contribution in [0, 0.1) is 0 Å². The van der Waals surface area contributed by atoms with Crippen molar-refractivity contribution in [2.24, 2.45) is 0 Å². The van der Waals surface area contributed by atoms with Crippen LogP contribution in [0.5, 0.6) is 0 Å². The number of rotatable bonds is 20. The fourth-order valence-electron chi connectivity index (χ4n) is 3.69. The zero-order chi connectivity index (χ0) is 25.0. The van der Waals surface area contributed by atoms with Gasteiger partial charge in [-0.2, -0.15) is 0 Å². The number of carbonyl (C=O) groups is 2. The van der Waals surface area contributed by atoms with Gasteiger partial charge >= 0.3 is 11.9 Å². The van der Waals surface area contributed by atoms with Gasteiger partial charge in [-0.25, -0.2) is 9.59 Å². The Hall–Kier alpha value is -1.92. The molecule has 0 aromatic heterocycles. The Morgan fingerprint density at radius 2 is 0.941 bits per heavy atom. The van der Waals surface area contributed by atoms with Gasteiger partial charge in [-0.05, 0) is 64.3 Å². The van der Waals surface area contributed by atoms with E-state index in [1.165, 1.54) is 64.2 Å². The van der Waals surface area contributed by atoms with Crippen LogP contribution < -0.4 is 0 Å². The molecule has 0 bridgehead atoms. The summed E-state index contributed by atoms with van der Waals surface area (Å²) < 4.78 is 10.8. The molecule has 0 unspecified atom stereocenters. The van der Waals surface area contributed by atoms with Crippen LogP contribution in [0.15, 0.2) is 24.3 Å². The lowest BCUT2D eigenvalue weighted by molar-refractivity contribution is 0.0458. The van der Waals surface area contributed by atoms with Gasteiger partial charge in [0.25, 0.3) is 0 Å². The van der Waals surface area contributed by atoms with Crippen LogP contribution in [-0.2, 0) is 9.47 Å². The van der Waals surface area contributed by atoms with Gasteiger partial charge in [0, 0.05) is 13.1 Å². The van der Waals surface area contributed by atoms with Crippen molar-refractivity contribution >= 4 is 11.9 Å². The monoisotopic (exact) mass is 476 g/mol. The van der Waals surface area contributed by atoms with E-state index in [0.29, 0.717) is 24.3 Å². The molecule has 0 atom stereocenters. The lowest BCUT2D eigenvalue weighted by Crippen LogP contribution is -2.25. The van der Waals surface area contributed by atoms with Gasteiger partial charge in [0.15, 0.2) is 0 Å². The van der Waals surface area contributed by atoms with Crippen molar-refractivity contribution < 1.29 is 19.1 Å². The summed E-state index contributed by atoms with van der Waals surface area (Å²) in [6.45, 7) is 8.64. The molecule has 0 radical (unpaired) electrons. The minimum absolute atomic E-state index is 0.361. The van der Waals surface area contributed by atoms with Gasteiger partial charge in [-0.1, -0.05) is 65.2 Å². The molecule has 6 nitrogen and oxygen atoms in total. The largest absolute Gasteiger partial charge is 0.461 e. The maximum atomic E-state index is 12.3. The molecule has 0 saturated heterocycles. The number of benzene rings is 1. The molecule has 1 rings (SSSR count). The Balaban J connectivity index is 2.23. The highest BCUT2D eigenvalue weighted by atomic mass is 16.5. The highest BCUT2D eigenvalue weighted by molar-refractivity contribution is 5.93. The minimum Gasteiger partial charge on any atom is -0.461 e. The number of nitrogens with zero attached hydrogens (tertiary/aromatic N) is 2. The maximum absolute atomic E-state index is 12.3. The van der Waals surface area contributed by atoms with Crippen LogP contribution in [-0.4, -0.2) is 75.2 Å². The Morgan fingerprint density at radius 1 is 0.588 bits per heavy atom. The topological polar surface area (TPSA) is 59.1 Å². The molecule has 0 spiro atoms. The first-order chi connectivity index (χ1) is 16.5. The fourth-order valence-corrected chi connectivity index (χ4v) is 3.69. The van der Waals surface area contributed by atoms with E-state index in [-0.39, 0.29) is 11.9 Å². The van der Waals surface area contributed by atoms with Crippen molar-refractivity contribution in [3.8, 4) is 0 Å². The molecule has 1 aromatic rings. The number of unbranched alkanes of at least 4 members (excludes halogenated alkanes) is 8. The summed E-state index contributed by atoms with van der Waals surface area (Å²) in [7, 11) is 4.11. The second kappa shape index (κ2) is 19.4. The van der Waals surface area contributed by atoms with Crippen LogP contribution in [0.4, 0.5) is 0 Å². The normalized spacial score (nSPS) is 11.2. The number of likely N-dealkylation sites (N-methyl/N-ethyl adjacent to an activating group) is 2. The van der Waals surface area contributed by atoms with Crippen molar-refractivity contribution in [2.45, 2.75) is 78.1 Å². The van der Waals surface area contributed by atoms with Gasteiger partial charge < -0.3 is 19.3 Å². The SMILES string of the molecule is CCCCCCCN(C)CCOC(=O)c1ccc(C(=O)OCCN(C)CCCCCCC)cc1. The predicted molar refractivity (Wildman–Crippen MR) is 140 cm³/mol. The molecular weight excluding hydrogens is 428 g/mol. The Morgan fingerprint density at radius 3 is 1.29 bits per heavy atom. The number of carbonyl (C=O) groups excluding carboxylic acids is 2. The van der Waals surface area contributed by atoms with E-state index in [2.05, 4.69) is 37.7 Å². The Labute approximate surface area is 208 Å². The van der Waals surface area contributed by atoms with E-state index in [1.807, 2.05) is 0 Å². The van der Waals surface area contributed by atoms with Crippen LogP contribution in [0.25, 0.3) is 0 Å². The van der Waals surface area contributed by atoms with Crippen LogP contribution in [0.2, 0.25) is 0 Å². The molecular formula is C28H48N2O4. The molecule has 0 amide bonds. The van der Waals surface area contributed by atoms with Crippen molar-refractivity contribution in [3.63, 3.8) is 0 Å². The number of hydrogen-bond donors (Lipinski definition) is 0. The smallest absolute Gasteiger partial charge is 0.338 e. The van der Waals surface area contributed by atoms with E-state index >= 15 is 0 Å². The fraction of sp³-hybridized carbons (Fsp3) is 0.714. The summed E-state index contributed by atoms with van der Waals surface area (Å²) in [5.41, 5.74) is 0.892. The molecule has 0 aliphatic heterocycles. The number of hydrogen-bond acceptors (Lipinski definition) is 6. The van der Waals surface area contributed by atoms with Crippen LogP contribution in [0.3, 0.4) is 0 Å². The first kappa shape index (κ1) is 30.1. The van der Waals surface area contributed by atoms with E-state index in [9.17, 15) is 9.59 Å². The standard InChI is InChI=1S/C28H48N2O4/c1-5-7-9-11-13-19-29(3)21-23-33-27(31)25-15-17-26(18-16-25)28(32)34-24-22-30(4)20-14-12-10-8-6-2/h15-18H,5-14,19-24H2,1-4H3. The second-order valence-electron chi connectivity index (χ2n) is 9.28. The molecule has 0 aliphatic rings. The number of esters is 2. The molecule has 0 saturated carbocycles. The first-order valence-corrected chi connectivity index (χ1v) is 13.3. The predicted octanol–water partition coefficient (Wildman–Crippen LogP) is 5.80. The molecule has 1 aromatic carbocycles. The third kappa shape index (κ3) is 14.4. The summed E-state index contributed by atoms with van der Waals surface area (Å²) in [4.78, 5) is 28.9. The number of ether oxygens (including phenoxy) is 2. The van der Waals surface area contributed by atoms with Gasteiger partial charge in [-0.15, -0.1) is 0 Å². The third-order valence-corrected chi connectivity index (χ3v) is 6.06. The average molecular weight is 477 g/mol. The lowest BCUT2D eigenvalue weighted by atomic mass is 10.1. The summed E-state index contributed by atoms with van der Waals surface area (Å²) in [6, 6.07) is 6.50. The highest BCUT2D eigenvalue weighted by Crippen LogP contribution is 2.09. The lowest BCUT2D eigenvalue weighted by Gasteiger charge is -2.16. The zero-order valence-corrected chi connectivity index (χ0v) is 22.2. The zero-order valence-electron chi connectivity index (χ0n) is 22.2. The van der Waals surface area contributed by atoms with E-state index in [0.717, 1.165) is 26.2 Å². The van der Waals surface area contributed by atoms with Crippen molar-refractivity contribution in [1.82, 2.24) is 9.80 Å². The van der Waals surface area contributed by atoms with Gasteiger partial charge in [0.05, 0.1) is 11.1 Å². The van der Waals surface area contributed by atoms with E-state index in [1.54, 1.807) is 24.3 Å². The molecule has 34 heavy (non-hydrogen) atoms. The maximum Gasteiger partial charge on any atom is 0.338 e. The van der Waals surface area contributed by atoms with Crippen LogP contribution in [0.1, 0.15) is 98.8 Å². The average Bonchev–Trinajstić information content (AvgIpc) is 2.83. The third-order valence-electron chi connectivity index (χ3n) is 6.06. The van der Waals surface area contributed by atoms with Gasteiger partial charge in [0.1, 0.15) is 13.2 Å². The summed E-state index contributed by atoms with van der Waals surface area (Å²) in [6.07, 6.45) is 12.6. The van der Waals surface area contributed by atoms with Crippen molar-refractivity contribution in [2.75, 3.05) is 53.5 Å². The Bertz CT molecular complexity index is 606. The van der Waals surface area contributed by atoms with Gasteiger partial charge in [0.2, 0.25) is 0 Å². The molecule has 6 heteroatoms. The summed E-state index contributed by atoms with van der Waals surface area (Å²) >= 11 is 0. The van der Waals surface area contributed by atoms with Crippen LogP contribution >= 0.6 is 0 Å². The quantitative estimate of drug-likeness (QED) is 0.175. The Kier molecular flexibility index (Phi) is 17.2. The van der Waals surface area contributed by atoms with E-state index < -0.39 is 0 Å². The molecule has 0 heterocycles. The van der Waals surface area contributed by atoms with Crippen molar-refractivity contribution in [1.29, 1.82) is 0 Å². The summed E-state index contributed by atoms with van der Waals surface area (Å²) in [5, 5.41) is 0. The molecule has 0 N–H and O–H groups in total. The van der Waals surface area contributed by atoms with Gasteiger partial charge in [-0.3, -0.25) is 0 Å². The van der Waals surface area contributed by atoms with E-state index in [4.69, 9.17) is 9.47 Å². The summed E-state index contributed by atoms with van der Waals surface area (Å²) in [5.74, 6) is -0.728. The first-order valence-electron chi connectivity index (χ1n) is 13.3. The molecule has 0 fully saturated rings.